The second-order valence-electron chi connectivity index (χ2n) is 11.6. The molecule has 10 nitrogen and oxygen atoms in total. The molecule has 0 aliphatic carbocycles. The Labute approximate surface area is 314 Å². The number of sulfonamides is 1. The van der Waals surface area contributed by atoms with Gasteiger partial charge in [-0.15, -0.1) is 0 Å². The summed E-state index contributed by atoms with van der Waals surface area (Å²) in [5.41, 5.74) is 1.37. The highest BCUT2D eigenvalue weighted by atomic mass is 35.5. The zero-order valence-electron chi connectivity index (χ0n) is 28.9. The number of amides is 2. The van der Waals surface area contributed by atoms with Crippen LogP contribution in [0.25, 0.3) is 0 Å². The predicted octanol–water partition coefficient (Wildman–Crippen LogP) is 7.42. The monoisotopic (exact) mass is 775 g/mol. The Morgan fingerprint density at radius 1 is 0.784 bits per heavy atom. The van der Waals surface area contributed by atoms with Crippen LogP contribution in [0.3, 0.4) is 0 Å². The molecule has 0 bridgehead atoms. The zero-order valence-corrected chi connectivity index (χ0v) is 31.9. The topological polar surface area (TPSA) is 114 Å². The van der Waals surface area contributed by atoms with Gasteiger partial charge in [-0.25, -0.2) is 8.42 Å². The molecule has 1 N–H and O–H groups in total. The first-order valence-electron chi connectivity index (χ1n) is 16.0. The van der Waals surface area contributed by atoms with Crippen LogP contribution in [-0.2, 0) is 32.6 Å². The van der Waals surface area contributed by atoms with Gasteiger partial charge in [0.15, 0.2) is 11.5 Å². The summed E-state index contributed by atoms with van der Waals surface area (Å²) in [6.07, 6.45) is 0.787. The van der Waals surface area contributed by atoms with E-state index < -0.39 is 34.4 Å². The Hall–Kier alpha value is -4.16. The van der Waals surface area contributed by atoms with Crippen molar-refractivity contribution in [1.82, 2.24) is 10.2 Å². The molecule has 0 heterocycles. The molecule has 0 saturated carbocycles. The van der Waals surface area contributed by atoms with Crippen molar-refractivity contribution in [2.24, 2.45) is 0 Å². The third-order valence-electron chi connectivity index (χ3n) is 8.24. The maximum atomic E-state index is 14.8. The summed E-state index contributed by atoms with van der Waals surface area (Å²) < 4.78 is 46.4. The lowest BCUT2D eigenvalue weighted by atomic mass is 10.0. The Morgan fingerprint density at radius 2 is 1.45 bits per heavy atom. The van der Waals surface area contributed by atoms with E-state index in [1.165, 1.54) is 56.6 Å². The molecular weight excluding hydrogens is 737 g/mol. The van der Waals surface area contributed by atoms with Crippen molar-refractivity contribution in [2.45, 2.75) is 50.2 Å². The molecule has 0 radical (unpaired) electrons. The normalized spacial score (nSPS) is 12.4. The lowest BCUT2D eigenvalue weighted by molar-refractivity contribution is -0.140. The number of ether oxygens (including phenoxy) is 3. The van der Waals surface area contributed by atoms with Crippen molar-refractivity contribution in [3.63, 3.8) is 0 Å². The van der Waals surface area contributed by atoms with Gasteiger partial charge in [0.25, 0.3) is 10.0 Å². The molecule has 14 heteroatoms. The maximum Gasteiger partial charge on any atom is 0.265 e. The minimum absolute atomic E-state index is 0.00582. The molecule has 0 aliphatic heterocycles. The average Bonchev–Trinajstić information content (AvgIpc) is 3.13. The standard InChI is InChI=1S/C37H40Cl3N3O7S/c1-6-24(2)41-37(45)32(19-25-10-8-7-9-11-25)42(22-26-12-15-29(39)30(40)18-26)36(44)23-43(31-20-27(38)13-16-33(31)48-3)51(46,47)28-14-17-34(49-4)35(21-28)50-5/h7-18,20-21,24,32H,6,19,22-23H2,1-5H3,(H,41,45)/t24-,32-/m1/s1. The molecule has 2 atom stereocenters. The molecule has 0 unspecified atom stereocenters. The van der Waals surface area contributed by atoms with Crippen LogP contribution in [0.1, 0.15) is 31.4 Å². The predicted molar refractivity (Wildman–Crippen MR) is 201 cm³/mol. The average molecular weight is 777 g/mol. The minimum Gasteiger partial charge on any atom is -0.495 e. The van der Waals surface area contributed by atoms with Crippen molar-refractivity contribution >= 4 is 62.3 Å². The number of anilines is 1. The molecule has 51 heavy (non-hydrogen) atoms. The highest BCUT2D eigenvalue weighted by Crippen LogP contribution is 2.37. The second kappa shape index (κ2) is 17.9. The van der Waals surface area contributed by atoms with Crippen LogP contribution < -0.4 is 23.8 Å². The van der Waals surface area contributed by atoms with E-state index in [-0.39, 0.29) is 51.1 Å². The summed E-state index contributed by atoms with van der Waals surface area (Å²) in [5, 5.41) is 3.78. The molecule has 4 aromatic rings. The zero-order chi connectivity index (χ0) is 37.3. The number of carbonyl (C=O) groups is 2. The summed E-state index contributed by atoms with van der Waals surface area (Å²) in [6.45, 7) is 2.96. The van der Waals surface area contributed by atoms with Gasteiger partial charge in [-0.05, 0) is 66.9 Å². The van der Waals surface area contributed by atoms with Crippen LogP contribution in [0.15, 0.2) is 89.8 Å². The number of hydrogen-bond donors (Lipinski definition) is 1. The van der Waals surface area contributed by atoms with Crippen LogP contribution in [0.5, 0.6) is 17.2 Å². The fraction of sp³-hybridized carbons (Fsp3) is 0.297. The van der Waals surface area contributed by atoms with Gasteiger partial charge in [-0.2, -0.15) is 0 Å². The molecule has 2 amide bonds. The highest BCUT2D eigenvalue weighted by Gasteiger charge is 2.36. The van der Waals surface area contributed by atoms with E-state index in [1.54, 1.807) is 24.3 Å². The molecular formula is C37H40Cl3N3O7S. The number of nitrogens with zero attached hydrogens (tertiary/aromatic N) is 2. The van der Waals surface area contributed by atoms with Crippen LogP contribution in [0, 0.1) is 0 Å². The number of methoxy groups -OCH3 is 3. The molecule has 0 spiro atoms. The Balaban J connectivity index is 1.90. The molecule has 0 aliphatic rings. The second-order valence-corrected chi connectivity index (χ2v) is 14.8. The van der Waals surface area contributed by atoms with Gasteiger partial charge in [0, 0.05) is 30.1 Å². The van der Waals surface area contributed by atoms with Crippen molar-refractivity contribution in [3.05, 3.63) is 111 Å². The number of halogens is 3. The van der Waals surface area contributed by atoms with Gasteiger partial charge in [0.05, 0.1) is 42.0 Å². The van der Waals surface area contributed by atoms with Crippen molar-refractivity contribution in [1.29, 1.82) is 0 Å². The maximum absolute atomic E-state index is 14.8. The molecule has 0 aromatic heterocycles. The van der Waals surface area contributed by atoms with E-state index in [0.717, 1.165) is 9.87 Å². The van der Waals surface area contributed by atoms with E-state index in [9.17, 15) is 18.0 Å². The summed E-state index contributed by atoms with van der Waals surface area (Å²) in [5.74, 6) is -0.483. The van der Waals surface area contributed by atoms with Crippen molar-refractivity contribution < 1.29 is 32.2 Å². The fourth-order valence-electron chi connectivity index (χ4n) is 5.31. The molecule has 0 fully saturated rings. The van der Waals surface area contributed by atoms with E-state index in [1.807, 2.05) is 44.2 Å². The van der Waals surface area contributed by atoms with Gasteiger partial charge in [0.2, 0.25) is 11.8 Å². The van der Waals surface area contributed by atoms with E-state index in [0.29, 0.717) is 22.8 Å². The molecule has 0 saturated heterocycles. The molecule has 272 valence electrons. The quantitative estimate of drug-likeness (QED) is 0.126. The highest BCUT2D eigenvalue weighted by molar-refractivity contribution is 7.92. The van der Waals surface area contributed by atoms with Crippen molar-refractivity contribution in [3.8, 4) is 17.2 Å². The SMILES string of the molecule is CC[C@@H](C)NC(=O)[C@@H](Cc1ccccc1)N(Cc1ccc(Cl)c(Cl)c1)C(=O)CN(c1cc(Cl)ccc1OC)S(=O)(=O)c1ccc(OC)c(OC)c1. The van der Waals surface area contributed by atoms with E-state index in [4.69, 9.17) is 49.0 Å². The third-order valence-corrected chi connectivity index (χ3v) is 11.0. The smallest absolute Gasteiger partial charge is 0.265 e. The van der Waals surface area contributed by atoms with Crippen LogP contribution in [-0.4, -0.2) is 65.1 Å². The van der Waals surface area contributed by atoms with E-state index >= 15 is 0 Å². The fourth-order valence-corrected chi connectivity index (χ4v) is 7.22. The first kappa shape index (κ1) is 39.6. The van der Waals surface area contributed by atoms with Crippen LogP contribution in [0.4, 0.5) is 5.69 Å². The summed E-state index contributed by atoms with van der Waals surface area (Å²) >= 11 is 19.0. The molecule has 4 rings (SSSR count). The Morgan fingerprint density at radius 3 is 2.08 bits per heavy atom. The summed E-state index contributed by atoms with van der Waals surface area (Å²) in [4.78, 5) is 30.1. The minimum atomic E-state index is -4.53. The third kappa shape index (κ3) is 9.79. The number of carbonyl (C=O) groups excluding carboxylic acids is 2. The summed E-state index contributed by atoms with van der Waals surface area (Å²) in [7, 11) is -0.341. The van der Waals surface area contributed by atoms with Gasteiger partial charge < -0.3 is 24.4 Å². The lowest BCUT2D eigenvalue weighted by Gasteiger charge is -2.34. The van der Waals surface area contributed by atoms with E-state index in [2.05, 4.69) is 5.32 Å². The van der Waals surface area contributed by atoms with Gasteiger partial charge in [0.1, 0.15) is 18.3 Å². The first-order chi connectivity index (χ1) is 24.3. The number of nitrogens with one attached hydrogen (secondary N) is 1. The number of rotatable bonds is 16. The summed E-state index contributed by atoms with van der Waals surface area (Å²) in [6, 6.07) is 21.4. The van der Waals surface area contributed by atoms with Crippen molar-refractivity contribution in [2.75, 3.05) is 32.2 Å². The number of benzene rings is 4. The largest absolute Gasteiger partial charge is 0.495 e. The van der Waals surface area contributed by atoms with Gasteiger partial charge in [-0.3, -0.25) is 13.9 Å². The lowest BCUT2D eigenvalue weighted by Crippen LogP contribution is -2.54. The van der Waals surface area contributed by atoms with Gasteiger partial charge in [-0.1, -0.05) is 78.1 Å². The number of hydrogen-bond acceptors (Lipinski definition) is 7. The van der Waals surface area contributed by atoms with Crippen LogP contribution in [0.2, 0.25) is 15.1 Å². The Bertz CT molecular complexity index is 1950. The van der Waals surface area contributed by atoms with Crippen LogP contribution >= 0.6 is 34.8 Å². The molecule has 4 aromatic carbocycles. The Kier molecular flexibility index (Phi) is 13.9. The first-order valence-corrected chi connectivity index (χ1v) is 18.6. The van der Waals surface area contributed by atoms with Gasteiger partial charge >= 0.3 is 0 Å².